The van der Waals surface area contributed by atoms with Crippen LogP contribution in [-0.4, -0.2) is 40.3 Å². The Morgan fingerprint density at radius 3 is 3.00 bits per heavy atom. The maximum atomic E-state index is 13.0. The normalized spacial score (nSPS) is 16.7. The first-order valence-electron chi connectivity index (χ1n) is 8.71. The molecule has 4 rings (SSSR count). The third kappa shape index (κ3) is 3.34. The van der Waals surface area contributed by atoms with Gasteiger partial charge in [-0.3, -0.25) is 9.48 Å². The van der Waals surface area contributed by atoms with Crippen LogP contribution in [0.3, 0.4) is 0 Å². The van der Waals surface area contributed by atoms with Crippen LogP contribution in [0, 0.1) is 0 Å². The molecule has 0 radical (unpaired) electrons. The molecule has 0 aliphatic carbocycles. The van der Waals surface area contributed by atoms with Crippen molar-refractivity contribution in [2.45, 2.75) is 24.8 Å². The molecule has 136 valence electrons. The van der Waals surface area contributed by atoms with Crippen molar-refractivity contribution in [2.75, 3.05) is 19.6 Å². The van der Waals surface area contributed by atoms with Gasteiger partial charge >= 0.3 is 0 Å². The quantitative estimate of drug-likeness (QED) is 0.703. The number of hydrogen-bond acceptors (Lipinski definition) is 5. The zero-order valence-corrected chi connectivity index (χ0v) is 15.8. The van der Waals surface area contributed by atoms with E-state index in [9.17, 15) is 4.79 Å². The van der Waals surface area contributed by atoms with E-state index in [2.05, 4.69) is 20.7 Å². The molecule has 0 bridgehead atoms. The van der Waals surface area contributed by atoms with Gasteiger partial charge < -0.3 is 10.6 Å². The van der Waals surface area contributed by atoms with Gasteiger partial charge in [0.2, 0.25) is 5.91 Å². The number of carbonyl (C=O) groups excluding carboxylic acids is 1. The SMILES string of the molecule is O=C(NCCc1nc2cc(Cl)ccc2s1)C1(n2cccn2)CCNCC1. The molecule has 1 amide bonds. The van der Waals surface area contributed by atoms with Gasteiger partial charge in [0.15, 0.2) is 0 Å². The standard InChI is InChI=1S/C18H20ClN5OS/c19-13-2-3-15-14(12-13)23-16(26-15)4-8-21-17(25)18(5-9-20-10-6-18)24-11-1-7-22-24/h1-3,7,11-12,20H,4-6,8-10H2,(H,21,25). The first-order chi connectivity index (χ1) is 12.7. The molecule has 26 heavy (non-hydrogen) atoms. The van der Waals surface area contributed by atoms with E-state index in [0.717, 1.165) is 41.2 Å². The van der Waals surface area contributed by atoms with Crippen LogP contribution in [0.2, 0.25) is 5.02 Å². The lowest BCUT2D eigenvalue weighted by atomic mass is 9.87. The largest absolute Gasteiger partial charge is 0.354 e. The lowest BCUT2D eigenvalue weighted by Gasteiger charge is -2.36. The highest BCUT2D eigenvalue weighted by Crippen LogP contribution is 2.28. The van der Waals surface area contributed by atoms with E-state index >= 15 is 0 Å². The first kappa shape index (κ1) is 17.5. The second kappa shape index (κ2) is 7.34. The van der Waals surface area contributed by atoms with Crippen LogP contribution in [0.5, 0.6) is 0 Å². The number of fused-ring (bicyclic) bond motifs is 1. The minimum absolute atomic E-state index is 0.0341. The number of hydrogen-bond donors (Lipinski definition) is 2. The van der Waals surface area contributed by atoms with Gasteiger partial charge in [0.25, 0.3) is 0 Å². The fraction of sp³-hybridized carbons (Fsp3) is 0.389. The monoisotopic (exact) mass is 389 g/mol. The molecule has 1 fully saturated rings. The number of piperidine rings is 1. The lowest BCUT2D eigenvalue weighted by Crippen LogP contribution is -2.54. The van der Waals surface area contributed by atoms with Crippen molar-refractivity contribution >= 4 is 39.1 Å². The van der Waals surface area contributed by atoms with Crippen LogP contribution < -0.4 is 10.6 Å². The summed E-state index contributed by atoms with van der Waals surface area (Å²) in [6.45, 7) is 2.18. The van der Waals surface area contributed by atoms with E-state index in [-0.39, 0.29) is 5.91 Å². The summed E-state index contributed by atoms with van der Waals surface area (Å²) >= 11 is 7.66. The highest BCUT2D eigenvalue weighted by Gasteiger charge is 2.41. The number of nitrogens with one attached hydrogen (secondary N) is 2. The predicted molar refractivity (Wildman–Crippen MR) is 104 cm³/mol. The summed E-state index contributed by atoms with van der Waals surface area (Å²) in [4.78, 5) is 17.6. The molecule has 0 saturated carbocycles. The zero-order valence-electron chi connectivity index (χ0n) is 14.2. The summed E-state index contributed by atoms with van der Waals surface area (Å²) in [7, 11) is 0. The molecular formula is C18H20ClN5OS. The highest BCUT2D eigenvalue weighted by atomic mass is 35.5. The molecule has 6 nitrogen and oxygen atoms in total. The number of amides is 1. The van der Waals surface area contributed by atoms with E-state index in [1.165, 1.54) is 0 Å². The van der Waals surface area contributed by atoms with Gasteiger partial charge in [-0.05, 0) is 50.2 Å². The molecular weight excluding hydrogens is 370 g/mol. The summed E-state index contributed by atoms with van der Waals surface area (Å²) < 4.78 is 2.92. The number of aromatic nitrogens is 3. The third-order valence-electron chi connectivity index (χ3n) is 4.81. The topological polar surface area (TPSA) is 71.8 Å². The van der Waals surface area contributed by atoms with Gasteiger partial charge in [-0.2, -0.15) is 5.10 Å². The van der Waals surface area contributed by atoms with Gasteiger partial charge in [0.05, 0.1) is 15.2 Å². The van der Waals surface area contributed by atoms with Crippen LogP contribution in [0.15, 0.2) is 36.7 Å². The van der Waals surface area contributed by atoms with E-state index in [4.69, 9.17) is 11.6 Å². The van der Waals surface area contributed by atoms with Crippen molar-refractivity contribution in [3.05, 3.63) is 46.7 Å². The van der Waals surface area contributed by atoms with Crippen molar-refractivity contribution in [3.8, 4) is 0 Å². The molecule has 1 aliphatic heterocycles. The smallest absolute Gasteiger partial charge is 0.248 e. The Bertz CT molecular complexity index is 902. The average molecular weight is 390 g/mol. The highest BCUT2D eigenvalue weighted by molar-refractivity contribution is 7.18. The summed E-state index contributed by atoms with van der Waals surface area (Å²) in [5.74, 6) is 0.0341. The fourth-order valence-electron chi connectivity index (χ4n) is 3.43. The summed E-state index contributed by atoms with van der Waals surface area (Å²) in [6, 6.07) is 7.60. The zero-order chi connectivity index (χ0) is 18.0. The van der Waals surface area contributed by atoms with Crippen molar-refractivity contribution in [3.63, 3.8) is 0 Å². The van der Waals surface area contributed by atoms with Crippen LogP contribution in [0.1, 0.15) is 17.8 Å². The number of nitrogens with zero attached hydrogens (tertiary/aromatic N) is 3. The molecule has 8 heteroatoms. The third-order valence-corrected chi connectivity index (χ3v) is 6.15. The molecule has 0 atom stereocenters. The van der Waals surface area contributed by atoms with Crippen LogP contribution in [0.4, 0.5) is 0 Å². The van der Waals surface area contributed by atoms with Crippen molar-refractivity contribution in [1.29, 1.82) is 0 Å². The summed E-state index contributed by atoms with van der Waals surface area (Å²) in [5, 5.41) is 12.4. The van der Waals surface area contributed by atoms with Gasteiger partial charge in [0.1, 0.15) is 5.54 Å². The van der Waals surface area contributed by atoms with Crippen LogP contribution in [0.25, 0.3) is 10.2 Å². The fourth-order valence-corrected chi connectivity index (χ4v) is 4.54. The molecule has 0 spiro atoms. The number of halogens is 1. The minimum atomic E-state index is -0.601. The molecule has 2 aromatic heterocycles. The Morgan fingerprint density at radius 2 is 2.23 bits per heavy atom. The molecule has 3 aromatic rings. The molecule has 3 heterocycles. The Kier molecular flexibility index (Phi) is 4.93. The van der Waals surface area contributed by atoms with Gasteiger partial charge in [0, 0.05) is 30.4 Å². The maximum Gasteiger partial charge on any atom is 0.248 e. The summed E-state index contributed by atoms with van der Waals surface area (Å²) in [6.07, 6.45) is 5.78. The molecule has 2 N–H and O–H groups in total. The predicted octanol–water partition coefficient (Wildman–Crippen LogP) is 2.58. The van der Waals surface area contributed by atoms with E-state index in [0.29, 0.717) is 18.0 Å². The van der Waals surface area contributed by atoms with Crippen molar-refractivity contribution in [2.24, 2.45) is 0 Å². The number of carbonyl (C=O) groups is 1. The van der Waals surface area contributed by atoms with Crippen LogP contribution in [-0.2, 0) is 16.8 Å². The average Bonchev–Trinajstić information content (AvgIpc) is 3.31. The second-order valence-corrected chi connectivity index (χ2v) is 8.01. The second-order valence-electron chi connectivity index (χ2n) is 6.46. The Labute approximate surface area is 160 Å². The molecule has 1 saturated heterocycles. The Balaban J connectivity index is 1.43. The van der Waals surface area contributed by atoms with E-state index in [1.807, 2.05) is 35.1 Å². The Hall–Kier alpha value is -1.96. The van der Waals surface area contributed by atoms with E-state index < -0.39 is 5.54 Å². The lowest BCUT2D eigenvalue weighted by molar-refractivity contribution is -0.131. The molecule has 1 aliphatic rings. The van der Waals surface area contributed by atoms with Gasteiger partial charge in [-0.15, -0.1) is 11.3 Å². The van der Waals surface area contributed by atoms with E-state index in [1.54, 1.807) is 17.5 Å². The number of thiazole rings is 1. The molecule has 0 unspecified atom stereocenters. The number of rotatable bonds is 5. The summed E-state index contributed by atoms with van der Waals surface area (Å²) in [5.41, 5.74) is 0.311. The van der Waals surface area contributed by atoms with Crippen molar-refractivity contribution in [1.82, 2.24) is 25.4 Å². The molecule has 1 aromatic carbocycles. The van der Waals surface area contributed by atoms with Crippen molar-refractivity contribution < 1.29 is 4.79 Å². The Morgan fingerprint density at radius 1 is 1.38 bits per heavy atom. The van der Waals surface area contributed by atoms with Gasteiger partial charge in [-0.25, -0.2) is 4.98 Å². The van der Waals surface area contributed by atoms with Crippen LogP contribution >= 0.6 is 22.9 Å². The van der Waals surface area contributed by atoms with Gasteiger partial charge in [-0.1, -0.05) is 11.6 Å². The minimum Gasteiger partial charge on any atom is -0.354 e. The first-order valence-corrected chi connectivity index (χ1v) is 9.91. The number of benzene rings is 1. The maximum absolute atomic E-state index is 13.0.